The first-order valence-electron chi connectivity index (χ1n) is 7.95. The Morgan fingerprint density at radius 3 is 2.36 bits per heavy atom. The van der Waals surface area contributed by atoms with Gasteiger partial charge >= 0.3 is 0 Å². The van der Waals surface area contributed by atoms with Crippen molar-refractivity contribution in [2.24, 2.45) is 16.7 Å². The highest BCUT2D eigenvalue weighted by Gasteiger charge is 2.70. The minimum Gasteiger partial charge on any atom is -0.508 e. The second-order valence-corrected chi connectivity index (χ2v) is 7.64. The SMILES string of the molecule is CC1(C)C2CCC1(C)C(O)(C(=O)C=Cc1ccc(O)cc1)C2. The monoisotopic (exact) mass is 300 g/mol. The number of rotatable bonds is 3. The number of hydrogen-bond donors (Lipinski definition) is 2. The molecule has 1 aromatic carbocycles. The zero-order valence-corrected chi connectivity index (χ0v) is 13.5. The van der Waals surface area contributed by atoms with Gasteiger partial charge in [0.1, 0.15) is 11.4 Å². The van der Waals surface area contributed by atoms with Crippen molar-refractivity contribution in [3.63, 3.8) is 0 Å². The lowest BCUT2D eigenvalue weighted by molar-refractivity contribution is -0.149. The molecule has 3 atom stereocenters. The molecule has 22 heavy (non-hydrogen) atoms. The number of phenols is 1. The zero-order valence-electron chi connectivity index (χ0n) is 13.5. The van der Waals surface area contributed by atoms with Crippen LogP contribution < -0.4 is 0 Å². The zero-order chi connectivity index (χ0) is 16.2. The van der Waals surface area contributed by atoms with Gasteiger partial charge in [-0.2, -0.15) is 0 Å². The smallest absolute Gasteiger partial charge is 0.187 e. The summed E-state index contributed by atoms with van der Waals surface area (Å²) in [6, 6.07) is 6.66. The summed E-state index contributed by atoms with van der Waals surface area (Å²) in [5, 5.41) is 20.4. The van der Waals surface area contributed by atoms with Crippen molar-refractivity contribution in [2.75, 3.05) is 0 Å². The summed E-state index contributed by atoms with van der Waals surface area (Å²) >= 11 is 0. The van der Waals surface area contributed by atoms with Gasteiger partial charge in [0, 0.05) is 5.41 Å². The average molecular weight is 300 g/mol. The molecule has 0 radical (unpaired) electrons. The summed E-state index contributed by atoms with van der Waals surface area (Å²) in [6.07, 6.45) is 5.77. The predicted molar refractivity (Wildman–Crippen MR) is 86.3 cm³/mol. The van der Waals surface area contributed by atoms with Gasteiger partial charge in [-0.1, -0.05) is 39.0 Å². The van der Waals surface area contributed by atoms with Crippen LogP contribution in [0, 0.1) is 16.7 Å². The van der Waals surface area contributed by atoms with E-state index in [0.717, 1.165) is 18.4 Å². The van der Waals surface area contributed by atoms with E-state index in [0.29, 0.717) is 12.3 Å². The van der Waals surface area contributed by atoms with Gasteiger partial charge in [-0.25, -0.2) is 0 Å². The van der Waals surface area contributed by atoms with E-state index in [1.807, 2.05) is 0 Å². The number of benzene rings is 1. The van der Waals surface area contributed by atoms with E-state index in [1.54, 1.807) is 30.3 Å². The Bertz CT molecular complexity index is 629. The number of hydrogen-bond acceptors (Lipinski definition) is 3. The number of ketones is 1. The Balaban J connectivity index is 1.85. The first kappa shape index (κ1) is 15.3. The number of carbonyl (C=O) groups excluding carboxylic acids is 1. The molecular weight excluding hydrogens is 276 g/mol. The summed E-state index contributed by atoms with van der Waals surface area (Å²) in [5.41, 5.74) is -0.792. The van der Waals surface area contributed by atoms with Gasteiger partial charge in [0.05, 0.1) is 0 Å². The van der Waals surface area contributed by atoms with E-state index in [1.165, 1.54) is 6.08 Å². The molecule has 3 rings (SSSR count). The summed E-state index contributed by atoms with van der Waals surface area (Å²) in [6.45, 7) is 6.42. The maximum absolute atomic E-state index is 12.7. The van der Waals surface area contributed by atoms with Crippen LogP contribution in [0.4, 0.5) is 0 Å². The fourth-order valence-corrected chi connectivity index (χ4v) is 4.54. The molecule has 0 aromatic heterocycles. The van der Waals surface area contributed by atoms with Gasteiger partial charge in [-0.15, -0.1) is 0 Å². The molecule has 1 aromatic rings. The normalized spacial score (nSPS) is 36.1. The maximum Gasteiger partial charge on any atom is 0.187 e. The van der Waals surface area contributed by atoms with Crippen LogP contribution in [0.2, 0.25) is 0 Å². The Kier molecular flexibility index (Phi) is 3.26. The van der Waals surface area contributed by atoms with Crippen LogP contribution in [0.3, 0.4) is 0 Å². The molecule has 2 aliphatic rings. The van der Waals surface area contributed by atoms with Crippen molar-refractivity contribution in [3.05, 3.63) is 35.9 Å². The second kappa shape index (κ2) is 4.69. The number of phenolic OH excluding ortho intramolecular Hbond substituents is 1. The number of fused-ring (bicyclic) bond motifs is 2. The quantitative estimate of drug-likeness (QED) is 0.839. The molecule has 0 heterocycles. The fourth-order valence-electron chi connectivity index (χ4n) is 4.54. The van der Waals surface area contributed by atoms with Gasteiger partial charge in [0.25, 0.3) is 0 Å². The van der Waals surface area contributed by atoms with E-state index in [9.17, 15) is 15.0 Å². The van der Waals surface area contributed by atoms with Crippen molar-refractivity contribution >= 4 is 11.9 Å². The summed E-state index contributed by atoms with van der Waals surface area (Å²) in [7, 11) is 0. The first-order chi connectivity index (χ1) is 10.2. The van der Waals surface area contributed by atoms with E-state index < -0.39 is 5.60 Å². The first-order valence-corrected chi connectivity index (χ1v) is 7.95. The molecule has 0 spiro atoms. The molecule has 3 heteroatoms. The highest BCUT2D eigenvalue weighted by molar-refractivity contribution is 6.01. The van der Waals surface area contributed by atoms with Gasteiger partial charge in [0.2, 0.25) is 0 Å². The fraction of sp³-hybridized carbons (Fsp3) is 0.526. The Morgan fingerprint density at radius 2 is 1.86 bits per heavy atom. The van der Waals surface area contributed by atoms with E-state index >= 15 is 0 Å². The number of carbonyl (C=O) groups is 1. The second-order valence-electron chi connectivity index (χ2n) is 7.64. The topological polar surface area (TPSA) is 57.5 Å². The third-order valence-electron chi connectivity index (χ3n) is 6.62. The lowest BCUT2D eigenvalue weighted by Gasteiger charge is -2.43. The van der Waals surface area contributed by atoms with E-state index in [-0.39, 0.29) is 22.4 Å². The minimum absolute atomic E-state index is 0.0101. The third-order valence-corrected chi connectivity index (χ3v) is 6.62. The molecule has 2 fully saturated rings. The highest BCUT2D eigenvalue weighted by atomic mass is 16.3. The largest absolute Gasteiger partial charge is 0.508 e. The van der Waals surface area contributed by atoms with Crippen LogP contribution in [0.1, 0.15) is 45.6 Å². The van der Waals surface area contributed by atoms with Crippen molar-refractivity contribution < 1.29 is 15.0 Å². The minimum atomic E-state index is -1.26. The predicted octanol–water partition coefficient (Wildman–Crippen LogP) is 3.55. The van der Waals surface area contributed by atoms with Crippen LogP contribution in [0.25, 0.3) is 6.08 Å². The standard InChI is InChI=1S/C19H24O3/c1-17(2)14-10-11-18(17,3)19(22,12-14)16(21)9-6-13-4-7-15(20)8-5-13/h4-9,14,20,22H,10-12H2,1-3H3. The average Bonchev–Trinajstić information content (AvgIpc) is 2.78. The van der Waals surface area contributed by atoms with Gasteiger partial charge in [-0.3, -0.25) is 4.79 Å². The number of aromatic hydroxyl groups is 1. The molecule has 0 aliphatic heterocycles. The van der Waals surface area contributed by atoms with E-state index in [2.05, 4.69) is 20.8 Å². The molecule has 2 bridgehead atoms. The molecular formula is C19H24O3. The van der Waals surface area contributed by atoms with E-state index in [4.69, 9.17) is 0 Å². The van der Waals surface area contributed by atoms with Crippen molar-refractivity contribution in [1.82, 2.24) is 0 Å². The molecule has 2 N–H and O–H groups in total. The van der Waals surface area contributed by atoms with Gasteiger partial charge < -0.3 is 10.2 Å². The van der Waals surface area contributed by atoms with Gasteiger partial charge in [0.15, 0.2) is 5.78 Å². The van der Waals surface area contributed by atoms with Crippen LogP contribution in [0.15, 0.2) is 30.3 Å². The van der Waals surface area contributed by atoms with Crippen LogP contribution >= 0.6 is 0 Å². The summed E-state index contributed by atoms with van der Waals surface area (Å²) < 4.78 is 0. The molecule has 2 aliphatic carbocycles. The van der Waals surface area contributed by atoms with Crippen LogP contribution in [-0.4, -0.2) is 21.6 Å². The molecule has 0 amide bonds. The summed E-state index contributed by atoms with van der Waals surface area (Å²) in [4.78, 5) is 12.7. The Hall–Kier alpha value is -1.61. The molecule has 3 nitrogen and oxygen atoms in total. The van der Waals surface area contributed by atoms with Crippen molar-refractivity contribution in [3.8, 4) is 5.75 Å². The third kappa shape index (κ3) is 1.88. The lowest BCUT2D eigenvalue weighted by atomic mass is 9.63. The maximum atomic E-state index is 12.7. The lowest BCUT2D eigenvalue weighted by Crippen LogP contribution is -2.52. The molecule has 118 valence electrons. The van der Waals surface area contributed by atoms with Gasteiger partial charge in [-0.05, 0) is 54.4 Å². The van der Waals surface area contributed by atoms with Crippen LogP contribution in [-0.2, 0) is 4.79 Å². The Labute approximate surface area is 131 Å². The Morgan fingerprint density at radius 1 is 1.23 bits per heavy atom. The molecule has 0 saturated heterocycles. The highest BCUT2D eigenvalue weighted by Crippen LogP contribution is 2.69. The van der Waals surface area contributed by atoms with Crippen molar-refractivity contribution in [1.29, 1.82) is 0 Å². The molecule has 3 unspecified atom stereocenters. The molecule has 2 saturated carbocycles. The summed E-state index contributed by atoms with van der Waals surface area (Å²) in [5.74, 6) is 0.413. The van der Waals surface area contributed by atoms with Crippen LogP contribution in [0.5, 0.6) is 5.75 Å². The van der Waals surface area contributed by atoms with Crippen molar-refractivity contribution in [2.45, 2.75) is 45.6 Å². The number of aliphatic hydroxyl groups is 1.